The topological polar surface area (TPSA) is 42.7 Å². The minimum Gasteiger partial charge on any atom is -0.311 e. The van der Waals surface area contributed by atoms with Crippen molar-refractivity contribution >= 4 is 31.9 Å². The first-order valence-corrected chi connectivity index (χ1v) is 7.88. The molecule has 0 radical (unpaired) electrons. The van der Waals surface area contributed by atoms with Crippen molar-refractivity contribution in [2.45, 2.75) is 19.4 Å². The van der Waals surface area contributed by atoms with Crippen LogP contribution in [0, 0.1) is 5.92 Å². The summed E-state index contributed by atoms with van der Waals surface area (Å²) in [5.41, 5.74) is 1.96. The van der Waals surface area contributed by atoms with Gasteiger partial charge in [0.15, 0.2) is 0 Å². The van der Waals surface area contributed by atoms with Crippen molar-refractivity contribution in [3.8, 4) is 5.69 Å². The Morgan fingerprint density at radius 1 is 1.32 bits per heavy atom. The molecule has 3 rings (SSSR count). The van der Waals surface area contributed by atoms with Crippen LogP contribution in [0.15, 0.2) is 33.3 Å². The number of aromatic nitrogens is 3. The lowest BCUT2D eigenvalue weighted by Crippen LogP contribution is -2.16. The van der Waals surface area contributed by atoms with Crippen molar-refractivity contribution in [3.05, 3.63) is 39.0 Å². The quantitative estimate of drug-likeness (QED) is 0.858. The number of nitrogens with one attached hydrogen (secondary N) is 1. The standard InChI is InChI=1S/C13H14Br2N4/c14-10-3-4-13(12(15)5-10)19-8-11(17-18-19)7-16-6-9-1-2-9/h3-5,8-9,16H,1-2,6-7H2. The van der Waals surface area contributed by atoms with E-state index in [1.54, 1.807) is 4.68 Å². The zero-order valence-corrected chi connectivity index (χ0v) is 13.5. The first-order chi connectivity index (χ1) is 9.22. The van der Waals surface area contributed by atoms with Gasteiger partial charge >= 0.3 is 0 Å². The predicted molar refractivity (Wildman–Crippen MR) is 81.2 cm³/mol. The van der Waals surface area contributed by atoms with Gasteiger partial charge in [-0.2, -0.15) is 0 Å². The first kappa shape index (κ1) is 13.3. The maximum Gasteiger partial charge on any atom is 0.0969 e. The summed E-state index contributed by atoms with van der Waals surface area (Å²) in [6, 6.07) is 6.00. The van der Waals surface area contributed by atoms with Gasteiger partial charge in [-0.3, -0.25) is 0 Å². The molecule has 1 aliphatic carbocycles. The maximum atomic E-state index is 4.19. The lowest BCUT2D eigenvalue weighted by Gasteiger charge is -2.03. The Labute approximate surface area is 128 Å². The van der Waals surface area contributed by atoms with E-state index in [-0.39, 0.29) is 0 Å². The summed E-state index contributed by atoms with van der Waals surface area (Å²) < 4.78 is 3.82. The molecule has 4 nitrogen and oxygen atoms in total. The Balaban J connectivity index is 1.68. The molecule has 1 fully saturated rings. The summed E-state index contributed by atoms with van der Waals surface area (Å²) in [7, 11) is 0. The number of hydrogen-bond acceptors (Lipinski definition) is 3. The van der Waals surface area contributed by atoms with Gasteiger partial charge in [-0.1, -0.05) is 21.1 Å². The van der Waals surface area contributed by atoms with Crippen molar-refractivity contribution in [1.82, 2.24) is 20.3 Å². The molecule has 0 spiro atoms. The third-order valence-electron chi connectivity index (χ3n) is 3.13. The fraction of sp³-hybridized carbons (Fsp3) is 0.385. The summed E-state index contributed by atoms with van der Waals surface area (Å²) in [5.74, 6) is 0.885. The highest BCUT2D eigenvalue weighted by atomic mass is 79.9. The van der Waals surface area contributed by atoms with E-state index in [1.165, 1.54) is 12.8 Å². The molecule has 1 saturated carbocycles. The monoisotopic (exact) mass is 384 g/mol. The second kappa shape index (κ2) is 5.73. The van der Waals surface area contributed by atoms with Crippen LogP contribution >= 0.6 is 31.9 Å². The van der Waals surface area contributed by atoms with Gasteiger partial charge < -0.3 is 5.32 Å². The molecule has 100 valence electrons. The van der Waals surface area contributed by atoms with Gasteiger partial charge in [0, 0.05) is 15.5 Å². The lowest BCUT2D eigenvalue weighted by atomic mass is 10.3. The van der Waals surface area contributed by atoms with Crippen molar-refractivity contribution in [2.75, 3.05) is 6.54 Å². The fourth-order valence-electron chi connectivity index (χ4n) is 1.89. The summed E-state index contributed by atoms with van der Waals surface area (Å²) in [5, 5.41) is 11.8. The van der Waals surface area contributed by atoms with Crippen LogP contribution in [-0.2, 0) is 6.54 Å². The number of halogens is 2. The fourth-order valence-corrected chi connectivity index (χ4v) is 3.12. The molecule has 0 aliphatic heterocycles. The zero-order chi connectivity index (χ0) is 13.2. The van der Waals surface area contributed by atoms with Crippen LogP contribution in [0.25, 0.3) is 5.69 Å². The average molecular weight is 386 g/mol. The summed E-state index contributed by atoms with van der Waals surface area (Å²) in [6.45, 7) is 1.87. The largest absolute Gasteiger partial charge is 0.311 e. The smallest absolute Gasteiger partial charge is 0.0969 e. The van der Waals surface area contributed by atoms with E-state index >= 15 is 0 Å². The molecule has 1 aromatic carbocycles. The summed E-state index contributed by atoms with van der Waals surface area (Å²) in [6.07, 6.45) is 4.70. The Morgan fingerprint density at radius 2 is 2.16 bits per heavy atom. The Bertz CT molecular complexity index is 578. The molecule has 1 aromatic heterocycles. The minimum atomic E-state index is 0.782. The highest BCUT2D eigenvalue weighted by molar-refractivity contribution is 9.11. The summed E-state index contributed by atoms with van der Waals surface area (Å²) >= 11 is 6.98. The number of hydrogen-bond donors (Lipinski definition) is 1. The van der Waals surface area contributed by atoms with E-state index < -0.39 is 0 Å². The van der Waals surface area contributed by atoms with E-state index in [9.17, 15) is 0 Å². The van der Waals surface area contributed by atoms with Crippen LogP contribution in [0.4, 0.5) is 0 Å². The molecular weight excluding hydrogens is 372 g/mol. The van der Waals surface area contributed by atoms with Crippen LogP contribution in [0.2, 0.25) is 0 Å². The molecule has 2 aromatic rings. The minimum absolute atomic E-state index is 0.782. The van der Waals surface area contributed by atoms with Gasteiger partial charge in [-0.15, -0.1) is 5.10 Å². The molecule has 0 atom stereocenters. The Kier molecular flexibility index (Phi) is 4.00. The Morgan fingerprint density at radius 3 is 2.89 bits per heavy atom. The first-order valence-electron chi connectivity index (χ1n) is 6.30. The van der Waals surface area contributed by atoms with Gasteiger partial charge in [0.1, 0.15) is 0 Å². The molecule has 19 heavy (non-hydrogen) atoms. The maximum absolute atomic E-state index is 4.19. The van der Waals surface area contributed by atoms with Crippen LogP contribution in [0.5, 0.6) is 0 Å². The molecule has 6 heteroatoms. The van der Waals surface area contributed by atoms with Crippen LogP contribution < -0.4 is 5.32 Å². The molecule has 0 amide bonds. The van der Waals surface area contributed by atoms with Crippen molar-refractivity contribution in [2.24, 2.45) is 5.92 Å². The van der Waals surface area contributed by atoms with Gasteiger partial charge in [0.25, 0.3) is 0 Å². The molecule has 1 heterocycles. The van der Waals surface area contributed by atoms with Crippen LogP contribution in [0.1, 0.15) is 18.5 Å². The third kappa shape index (κ3) is 3.43. The van der Waals surface area contributed by atoms with E-state index in [4.69, 9.17) is 0 Å². The van der Waals surface area contributed by atoms with Gasteiger partial charge in [-0.05, 0) is 59.4 Å². The van der Waals surface area contributed by atoms with Gasteiger partial charge in [0.2, 0.25) is 0 Å². The molecule has 0 bridgehead atoms. The molecule has 0 saturated heterocycles. The Hall–Kier alpha value is -0.720. The normalized spacial score (nSPS) is 14.8. The van der Waals surface area contributed by atoms with E-state index in [2.05, 4.69) is 47.5 Å². The van der Waals surface area contributed by atoms with E-state index in [0.29, 0.717) is 0 Å². The highest BCUT2D eigenvalue weighted by Crippen LogP contribution is 2.27. The number of benzene rings is 1. The second-order valence-corrected chi connectivity index (χ2v) is 6.59. The van der Waals surface area contributed by atoms with Crippen LogP contribution in [0.3, 0.4) is 0 Å². The number of rotatable bonds is 5. The molecule has 0 unspecified atom stereocenters. The SMILES string of the molecule is Brc1ccc(-n2cc(CNCC3CC3)nn2)c(Br)c1. The molecule has 1 N–H and O–H groups in total. The molecular formula is C13H14Br2N4. The van der Waals surface area contributed by atoms with Crippen LogP contribution in [-0.4, -0.2) is 21.5 Å². The second-order valence-electron chi connectivity index (χ2n) is 4.82. The van der Waals surface area contributed by atoms with Gasteiger partial charge in [-0.25, -0.2) is 4.68 Å². The zero-order valence-electron chi connectivity index (χ0n) is 10.3. The van der Waals surface area contributed by atoms with E-state index in [0.717, 1.165) is 39.3 Å². The highest BCUT2D eigenvalue weighted by Gasteiger charge is 2.20. The van der Waals surface area contributed by atoms with Gasteiger partial charge in [0.05, 0.1) is 17.6 Å². The average Bonchev–Trinajstić information content (AvgIpc) is 3.07. The number of nitrogens with zero attached hydrogens (tertiary/aromatic N) is 3. The van der Waals surface area contributed by atoms with Crippen molar-refractivity contribution in [1.29, 1.82) is 0 Å². The lowest BCUT2D eigenvalue weighted by molar-refractivity contribution is 0.628. The third-order valence-corrected chi connectivity index (χ3v) is 4.26. The predicted octanol–water partition coefficient (Wildman–Crippen LogP) is 3.29. The van der Waals surface area contributed by atoms with Crippen molar-refractivity contribution in [3.63, 3.8) is 0 Å². The molecule has 1 aliphatic rings. The van der Waals surface area contributed by atoms with Crippen molar-refractivity contribution < 1.29 is 0 Å². The van der Waals surface area contributed by atoms with E-state index in [1.807, 2.05) is 24.4 Å². The summed E-state index contributed by atoms with van der Waals surface area (Å²) in [4.78, 5) is 0.